The fraction of sp³-hybridized carbons (Fsp3) is 0.192. The first kappa shape index (κ1) is 22.9. The number of aryl methyl sites for hydroxylation is 2. The number of hydrogen-bond donors (Lipinski definition) is 1. The summed E-state index contributed by atoms with van der Waals surface area (Å²) in [7, 11) is -4.20. The van der Waals surface area contributed by atoms with Crippen LogP contribution in [0.5, 0.6) is 0 Å². The number of halogens is 1. The molecule has 0 amide bonds. The van der Waals surface area contributed by atoms with Crippen molar-refractivity contribution < 1.29 is 22.7 Å². The monoisotopic (exact) mass is 465 g/mol. The molecule has 3 aromatic rings. The van der Waals surface area contributed by atoms with E-state index in [1.807, 2.05) is 13.8 Å². The molecule has 170 valence electrons. The number of aliphatic carboxylic acids is 1. The maximum atomic E-state index is 14.9. The summed E-state index contributed by atoms with van der Waals surface area (Å²) in [6.45, 7) is 3.74. The molecular weight excluding hydrogens is 441 g/mol. The molecule has 5 nitrogen and oxygen atoms in total. The van der Waals surface area contributed by atoms with Gasteiger partial charge in [-0.3, -0.25) is 0 Å². The summed E-state index contributed by atoms with van der Waals surface area (Å²) < 4.78 is 44.0. The zero-order valence-electron chi connectivity index (χ0n) is 18.3. The molecule has 0 aliphatic carbocycles. The first-order chi connectivity index (χ1) is 15.7. The maximum Gasteiger partial charge on any atom is 0.333 e. The van der Waals surface area contributed by atoms with Gasteiger partial charge in [0.1, 0.15) is 5.82 Å². The van der Waals surface area contributed by atoms with Gasteiger partial charge in [-0.15, -0.1) is 0 Å². The van der Waals surface area contributed by atoms with Crippen LogP contribution in [0, 0.1) is 19.7 Å². The van der Waals surface area contributed by atoms with Gasteiger partial charge in [0.2, 0.25) is 10.0 Å². The fourth-order valence-electron chi connectivity index (χ4n) is 4.20. The lowest BCUT2D eigenvalue weighted by Crippen LogP contribution is -2.42. The van der Waals surface area contributed by atoms with Crippen LogP contribution in [0.4, 0.5) is 4.39 Å². The van der Waals surface area contributed by atoms with Crippen molar-refractivity contribution >= 4 is 16.0 Å². The third kappa shape index (κ3) is 4.34. The van der Waals surface area contributed by atoms with Gasteiger partial charge in [-0.05, 0) is 44.0 Å². The highest BCUT2D eigenvalue weighted by atomic mass is 32.2. The molecule has 7 heteroatoms. The van der Waals surface area contributed by atoms with Crippen LogP contribution in [0.2, 0.25) is 0 Å². The Morgan fingerprint density at radius 2 is 1.52 bits per heavy atom. The molecule has 0 fully saturated rings. The van der Waals surface area contributed by atoms with Crippen LogP contribution < -0.4 is 0 Å². The summed E-state index contributed by atoms with van der Waals surface area (Å²) in [5.41, 5.74) is 2.49. The van der Waals surface area contributed by atoms with Crippen LogP contribution in [0.3, 0.4) is 0 Å². The van der Waals surface area contributed by atoms with Crippen LogP contribution in [-0.4, -0.2) is 23.8 Å². The van der Waals surface area contributed by atoms with Gasteiger partial charge in [-0.25, -0.2) is 17.6 Å². The number of hydrogen-bond acceptors (Lipinski definition) is 3. The second-order valence-corrected chi connectivity index (χ2v) is 10.0. The molecule has 0 unspecified atom stereocenters. The second-order valence-electron chi connectivity index (χ2n) is 8.20. The highest BCUT2D eigenvalue weighted by Gasteiger charge is 2.45. The third-order valence-electron chi connectivity index (χ3n) is 5.92. The number of sulfonamides is 1. The first-order valence-electron chi connectivity index (χ1n) is 10.5. The van der Waals surface area contributed by atoms with Crippen LogP contribution in [0.1, 0.15) is 40.8 Å². The van der Waals surface area contributed by atoms with Crippen LogP contribution in [-0.2, 0) is 14.8 Å². The SMILES string of the molecule is Cc1ccc([C@H]2C(C(=O)O)=CC[C@@H](c3ccccc3F)N2S(=O)(=O)c2ccc(C)cc2)cc1. The van der Waals surface area contributed by atoms with E-state index in [-0.39, 0.29) is 22.5 Å². The Hall–Kier alpha value is -3.29. The van der Waals surface area contributed by atoms with Crippen molar-refractivity contribution in [2.45, 2.75) is 37.2 Å². The molecule has 0 aromatic heterocycles. The molecule has 1 aliphatic heterocycles. The standard InChI is InChI=1S/C26H24FNO4S/c1-17-7-11-19(12-8-17)25-22(26(29)30)15-16-24(21-5-3-4-6-23(21)27)28(25)33(31,32)20-13-9-18(2)10-14-20/h3-15,24-25H,16H2,1-2H3,(H,29,30)/t24-,25-/m0/s1. The number of carboxylic acid groups (broad SMARTS) is 1. The molecule has 33 heavy (non-hydrogen) atoms. The normalized spacial score (nSPS) is 19.2. The Labute approximate surface area is 192 Å². The Morgan fingerprint density at radius 3 is 2.09 bits per heavy atom. The minimum absolute atomic E-state index is 0.0261. The van der Waals surface area contributed by atoms with E-state index in [4.69, 9.17) is 0 Å². The van der Waals surface area contributed by atoms with Crippen molar-refractivity contribution in [1.82, 2.24) is 4.31 Å². The summed E-state index contributed by atoms with van der Waals surface area (Å²) in [6.07, 6.45) is 1.54. The van der Waals surface area contributed by atoms with E-state index in [2.05, 4.69) is 0 Å². The van der Waals surface area contributed by atoms with Crippen molar-refractivity contribution in [3.63, 3.8) is 0 Å². The first-order valence-corrected chi connectivity index (χ1v) is 12.0. The molecule has 0 spiro atoms. The Balaban J connectivity index is 1.98. The number of rotatable bonds is 5. The Kier molecular flexibility index (Phi) is 6.19. The Morgan fingerprint density at radius 1 is 0.939 bits per heavy atom. The van der Waals surface area contributed by atoms with Crippen molar-refractivity contribution in [2.24, 2.45) is 0 Å². The number of carbonyl (C=O) groups is 1. The quantitative estimate of drug-likeness (QED) is 0.553. The van der Waals surface area contributed by atoms with Crippen LogP contribution in [0.25, 0.3) is 0 Å². The van der Waals surface area contributed by atoms with E-state index in [0.29, 0.717) is 5.56 Å². The van der Waals surface area contributed by atoms with E-state index in [9.17, 15) is 22.7 Å². The molecule has 0 radical (unpaired) electrons. The van der Waals surface area contributed by atoms with E-state index in [0.717, 1.165) is 15.4 Å². The number of carboxylic acids is 1. The predicted molar refractivity (Wildman–Crippen MR) is 124 cm³/mol. The zero-order chi connectivity index (χ0) is 23.8. The lowest BCUT2D eigenvalue weighted by atomic mass is 9.89. The highest BCUT2D eigenvalue weighted by Crippen LogP contribution is 2.46. The van der Waals surface area contributed by atoms with E-state index >= 15 is 0 Å². The average molecular weight is 466 g/mol. The van der Waals surface area contributed by atoms with Gasteiger partial charge in [-0.1, -0.05) is 71.8 Å². The van der Waals surface area contributed by atoms with Crippen molar-refractivity contribution in [2.75, 3.05) is 0 Å². The Bertz CT molecular complexity index is 1320. The van der Waals surface area contributed by atoms with E-state index in [1.165, 1.54) is 30.3 Å². The number of nitrogens with zero attached hydrogens (tertiary/aromatic N) is 1. The molecule has 0 bridgehead atoms. The summed E-state index contributed by atoms with van der Waals surface area (Å²) >= 11 is 0. The third-order valence-corrected chi connectivity index (χ3v) is 7.81. The molecule has 2 atom stereocenters. The van der Waals surface area contributed by atoms with E-state index < -0.39 is 33.9 Å². The smallest absolute Gasteiger partial charge is 0.333 e. The molecule has 1 aliphatic rings. The fourth-order valence-corrected chi connectivity index (χ4v) is 5.97. The minimum atomic E-state index is -4.20. The molecule has 1 heterocycles. The predicted octanol–water partition coefficient (Wildman–Crippen LogP) is 5.33. The molecular formula is C26H24FNO4S. The van der Waals surface area contributed by atoms with Crippen molar-refractivity contribution in [3.05, 3.63) is 113 Å². The minimum Gasteiger partial charge on any atom is -0.478 e. The maximum absolute atomic E-state index is 14.9. The molecule has 3 aromatic carbocycles. The lowest BCUT2D eigenvalue weighted by Gasteiger charge is -2.40. The summed E-state index contributed by atoms with van der Waals surface area (Å²) in [5.74, 6) is -1.75. The number of benzene rings is 3. The molecule has 1 N–H and O–H groups in total. The zero-order valence-corrected chi connectivity index (χ0v) is 19.1. The van der Waals surface area contributed by atoms with Gasteiger partial charge in [0.25, 0.3) is 0 Å². The van der Waals surface area contributed by atoms with Gasteiger partial charge in [0.05, 0.1) is 22.6 Å². The van der Waals surface area contributed by atoms with Gasteiger partial charge in [0, 0.05) is 5.56 Å². The van der Waals surface area contributed by atoms with Crippen molar-refractivity contribution in [3.8, 4) is 0 Å². The van der Waals surface area contributed by atoms with Crippen molar-refractivity contribution in [1.29, 1.82) is 0 Å². The molecule has 0 saturated carbocycles. The van der Waals surface area contributed by atoms with Crippen LogP contribution in [0.15, 0.2) is 89.3 Å². The molecule has 4 rings (SSSR count). The summed E-state index contributed by atoms with van der Waals surface area (Å²) in [4.78, 5) is 12.2. The average Bonchev–Trinajstić information content (AvgIpc) is 2.79. The summed E-state index contributed by atoms with van der Waals surface area (Å²) in [6, 6.07) is 17.4. The largest absolute Gasteiger partial charge is 0.478 e. The van der Waals surface area contributed by atoms with Gasteiger partial charge < -0.3 is 5.11 Å². The van der Waals surface area contributed by atoms with Gasteiger partial charge in [-0.2, -0.15) is 4.31 Å². The second kappa shape index (κ2) is 8.92. The van der Waals surface area contributed by atoms with E-state index in [1.54, 1.807) is 48.5 Å². The highest BCUT2D eigenvalue weighted by molar-refractivity contribution is 7.89. The summed E-state index contributed by atoms with van der Waals surface area (Å²) in [5, 5.41) is 9.96. The lowest BCUT2D eigenvalue weighted by molar-refractivity contribution is -0.133. The molecule has 0 saturated heterocycles. The van der Waals surface area contributed by atoms with Gasteiger partial charge >= 0.3 is 5.97 Å². The van der Waals surface area contributed by atoms with Gasteiger partial charge in [0.15, 0.2) is 0 Å². The van der Waals surface area contributed by atoms with Crippen LogP contribution >= 0.6 is 0 Å². The topological polar surface area (TPSA) is 74.7 Å².